The molecule has 0 aliphatic heterocycles. The lowest BCUT2D eigenvalue weighted by Crippen LogP contribution is -2.30. The molecule has 0 aromatic rings. The van der Waals surface area contributed by atoms with E-state index in [1.807, 2.05) is 0 Å². The summed E-state index contributed by atoms with van der Waals surface area (Å²) >= 11 is 0. The van der Waals surface area contributed by atoms with Crippen molar-refractivity contribution in [2.45, 2.75) is 258 Å². The predicted molar refractivity (Wildman–Crippen MR) is 361 cm³/mol. The topological polar surface area (TPSA) is 78.9 Å². The Hall–Kier alpha value is -5.75. The fraction of sp³-hybridized carbons (Fsp3) is 0.545. The lowest BCUT2D eigenvalue weighted by atomic mass is 10.0. The molecule has 6 nitrogen and oxygen atoms in total. The maximum Gasteiger partial charge on any atom is 0.306 e. The van der Waals surface area contributed by atoms with Crippen molar-refractivity contribution in [3.8, 4) is 0 Å². The van der Waals surface area contributed by atoms with Crippen LogP contribution < -0.4 is 0 Å². The third-order valence-corrected chi connectivity index (χ3v) is 13.1. The summed E-state index contributed by atoms with van der Waals surface area (Å²) in [5.41, 5.74) is 0. The lowest BCUT2D eigenvalue weighted by molar-refractivity contribution is -0.167. The molecular formula is C77H118O6. The van der Waals surface area contributed by atoms with Crippen LogP contribution in [0.2, 0.25) is 0 Å². The van der Waals surface area contributed by atoms with Gasteiger partial charge >= 0.3 is 17.9 Å². The molecule has 0 heterocycles. The molecule has 83 heavy (non-hydrogen) atoms. The predicted octanol–water partition coefficient (Wildman–Crippen LogP) is 23.0. The van der Waals surface area contributed by atoms with Gasteiger partial charge in [-0.15, -0.1) is 0 Å². The van der Waals surface area contributed by atoms with Gasteiger partial charge in [-0.2, -0.15) is 0 Å². The molecule has 0 N–H and O–H groups in total. The molecule has 0 spiro atoms. The second-order valence-electron chi connectivity index (χ2n) is 20.9. The van der Waals surface area contributed by atoms with Crippen molar-refractivity contribution in [1.82, 2.24) is 0 Å². The second kappa shape index (κ2) is 68.7. The second-order valence-corrected chi connectivity index (χ2v) is 20.9. The van der Waals surface area contributed by atoms with Gasteiger partial charge in [-0.25, -0.2) is 0 Å². The molecule has 0 saturated carbocycles. The van der Waals surface area contributed by atoms with Crippen molar-refractivity contribution < 1.29 is 28.6 Å². The van der Waals surface area contributed by atoms with Crippen LogP contribution in [0.5, 0.6) is 0 Å². The highest BCUT2D eigenvalue weighted by molar-refractivity contribution is 5.71. The van der Waals surface area contributed by atoms with Gasteiger partial charge in [0, 0.05) is 19.3 Å². The first-order chi connectivity index (χ1) is 41.0. The van der Waals surface area contributed by atoms with Crippen molar-refractivity contribution in [2.75, 3.05) is 13.2 Å². The molecule has 0 aromatic heterocycles. The summed E-state index contributed by atoms with van der Waals surface area (Å²) in [5, 5.41) is 0. The maximum atomic E-state index is 12.9. The van der Waals surface area contributed by atoms with Crippen LogP contribution in [0, 0.1) is 0 Å². The summed E-state index contributed by atoms with van der Waals surface area (Å²) in [5.74, 6) is -1.06. The van der Waals surface area contributed by atoms with Crippen LogP contribution in [0.25, 0.3) is 0 Å². The number of rotatable bonds is 57. The van der Waals surface area contributed by atoms with Crippen LogP contribution in [0.1, 0.15) is 252 Å². The molecule has 0 aliphatic rings. The number of esters is 3. The van der Waals surface area contributed by atoms with Gasteiger partial charge in [-0.1, -0.05) is 279 Å². The molecule has 462 valence electrons. The van der Waals surface area contributed by atoms with E-state index in [2.05, 4.69) is 215 Å². The lowest BCUT2D eigenvalue weighted by Gasteiger charge is -2.18. The largest absolute Gasteiger partial charge is 0.462 e. The maximum absolute atomic E-state index is 12.9. The van der Waals surface area contributed by atoms with Crippen molar-refractivity contribution in [1.29, 1.82) is 0 Å². The molecule has 0 fully saturated rings. The summed E-state index contributed by atoms with van der Waals surface area (Å²) in [6.07, 6.45) is 104. The minimum absolute atomic E-state index is 0.130. The van der Waals surface area contributed by atoms with Gasteiger partial charge in [0.15, 0.2) is 6.10 Å². The normalized spacial score (nSPS) is 13.4. The number of allylic oxidation sites excluding steroid dienone is 32. The van der Waals surface area contributed by atoms with Gasteiger partial charge in [0.05, 0.1) is 0 Å². The number of unbranched alkanes of at least 4 members (excludes halogenated alkanes) is 14. The van der Waals surface area contributed by atoms with Gasteiger partial charge in [0.2, 0.25) is 0 Å². The molecular weight excluding hydrogens is 1020 g/mol. The average molecular weight is 1140 g/mol. The van der Waals surface area contributed by atoms with Crippen LogP contribution in [0.3, 0.4) is 0 Å². The fourth-order valence-corrected chi connectivity index (χ4v) is 8.28. The Morgan fingerprint density at radius 1 is 0.241 bits per heavy atom. The van der Waals surface area contributed by atoms with Crippen LogP contribution in [0.4, 0.5) is 0 Å². The Morgan fingerprint density at radius 2 is 0.446 bits per heavy atom. The molecule has 1 atom stereocenters. The van der Waals surface area contributed by atoms with Crippen molar-refractivity contribution in [2.24, 2.45) is 0 Å². The minimum Gasteiger partial charge on any atom is -0.462 e. The summed E-state index contributed by atoms with van der Waals surface area (Å²) in [4.78, 5) is 38.4. The molecule has 0 aromatic carbocycles. The molecule has 6 heteroatoms. The molecule has 0 radical (unpaired) electrons. The Balaban J connectivity index is 4.56. The van der Waals surface area contributed by atoms with Gasteiger partial charge in [-0.3, -0.25) is 14.4 Å². The number of carbonyl (C=O) groups is 3. The zero-order chi connectivity index (χ0) is 59.9. The van der Waals surface area contributed by atoms with Gasteiger partial charge in [0.1, 0.15) is 13.2 Å². The standard InChI is InChI=1S/C77H118O6/c1-4-7-10-13-16-19-22-25-28-31-33-35-37-38-40-41-43-46-49-52-55-58-61-64-67-70-76(79)82-73-74(72-81-75(78)69-66-63-60-57-54-51-48-45-30-27-24-21-18-15-12-9-6-3)83-77(80)71-68-65-62-59-56-53-50-47-44-42-39-36-34-32-29-26-23-20-17-14-11-8-5-2/h7-12,16-21,25-30,33-36,42,44,48,50-51,53,57,59-60,62,74H,4-6,13-15,22-24,31-32,37-41,43,45-47,49,52,54-56,58,61,63-73H2,1-3H3/b10-7-,11-8-,12-9-,19-16-,20-17-,21-18-,28-25-,29-26-,30-27-,35-33-,36-34-,44-42-,51-48-,53-50-,60-57-,62-59-. The molecule has 0 amide bonds. The number of ether oxygens (including phenoxy) is 3. The first kappa shape index (κ1) is 77.2. The molecule has 0 saturated heterocycles. The van der Waals surface area contributed by atoms with Crippen molar-refractivity contribution in [3.05, 3.63) is 194 Å². The van der Waals surface area contributed by atoms with Gasteiger partial charge < -0.3 is 14.2 Å². The van der Waals surface area contributed by atoms with Crippen LogP contribution in [-0.2, 0) is 28.6 Å². The van der Waals surface area contributed by atoms with E-state index in [1.54, 1.807) is 0 Å². The minimum atomic E-state index is -0.846. The van der Waals surface area contributed by atoms with E-state index in [1.165, 1.54) is 64.2 Å². The first-order valence-electron chi connectivity index (χ1n) is 32.9. The van der Waals surface area contributed by atoms with E-state index in [4.69, 9.17) is 14.2 Å². The number of carbonyl (C=O) groups excluding carboxylic acids is 3. The zero-order valence-electron chi connectivity index (χ0n) is 52.9. The van der Waals surface area contributed by atoms with Crippen molar-refractivity contribution in [3.63, 3.8) is 0 Å². The van der Waals surface area contributed by atoms with Crippen molar-refractivity contribution >= 4 is 17.9 Å². The summed E-state index contributed by atoms with van der Waals surface area (Å²) in [6, 6.07) is 0. The van der Waals surface area contributed by atoms with Gasteiger partial charge in [0.25, 0.3) is 0 Å². The van der Waals surface area contributed by atoms with E-state index >= 15 is 0 Å². The SMILES string of the molecule is CC/C=C\C/C=C\C/C=C\C/C=C\C/C=C\C/C=C\C/C=C\CCCC(=O)OC(COC(=O)CCC/C=C\C/C=C\C/C=C\C/C=C\C/C=C\CC)COC(=O)CCCCCCCCCCCCCC/C=C\C/C=C\C/C=C\C/C=C\CC. The quantitative estimate of drug-likeness (QED) is 0.0261. The van der Waals surface area contributed by atoms with Crippen LogP contribution >= 0.6 is 0 Å². The zero-order valence-corrected chi connectivity index (χ0v) is 52.9. The first-order valence-corrected chi connectivity index (χ1v) is 32.9. The van der Waals surface area contributed by atoms with Crippen LogP contribution in [-0.4, -0.2) is 37.2 Å². The molecule has 1 unspecified atom stereocenters. The highest BCUT2D eigenvalue weighted by atomic mass is 16.6. The molecule has 0 rings (SSSR count). The van der Waals surface area contributed by atoms with E-state index < -0.39 is 6.10 Å². The highest BCUT2D eigenvalue weighted by Gasteiger charge is 2.19. The third-order valence-electron chi connectivity index (χ3n) is 13.1. The summed E-state index contributed by atoms with van der Waals surface area (Å²) < 4.78 is 16.8. The molecule has 0 bridgehead atoms. The Kier molecular flexibility index (Phi) is 64.0. The Bertz CT molecular complexity index is 1990. The highest BCUT2D eigenvalue weighted by Crippen LogP contribution is 2.14. The van der Waals surface area contributed by atoms with Gasteiger partial charge in [-0.05, 0) is 148 Å². The smallest absolute Gasteiger partial charge is 0.306 e. The van der Waals surface area contributed by atoms with E-state index in [-0.39, 0.29) is 44.0 Å². The Labute approximate surface area is 509 Å². The fourth-order valence-electron chi connectivity index (χ4n) is 8.28. The summed E-state index contributed by atoms with van der Waals surface area (Å²) in [7, 11) is 0. The Morgan fingerprint density at radius 3 is 0.723 bits per heavy atom. The molecule has 0 aliphatic carbocycles. The third kappa shape index (κ3) is 66.9. The average Bonchev–Trinajstić information content (AvgIpc) is 3.49. The van der Waals surface area contributed by atoms with E-state index in [0.717, 1.165) is 135 Å². The van der Waals surface area contributed by atoms with E-state index in [0.29, 0.717) is 19.3 Å². The number of hydrogen-bond donors (Lipinski definition) is 0. The van der Waals surface area contributed by atoms with Crippen LogP contribution in [0.15, 0.2) is 194 Å². The monoisotopic (exact) mass is 1140 g/mol. The summed E-state index contributed by atoms with van der Waals surface area (Å²) in [6.45, 7) is 6.20. The van der Waals surface area contributed by atoms with E-state index in [9.17, 15) is 14.4 Å². The number of hydrogen-bond acceptors (Lipinski definition) is 6.